The minimum absolute atomic E-state index is 0.0140. The molecule has 2 fully saturated rings. The van der Waals surface area contributed by atoms with Crippen LogP contribution in [0.5, 0.6) is 0 Å². The zero-order chi connectivity index (χ0) is 17.9. The molecule has 0 spiro atoms. The van der Waals surface area contributed by atoms with Gasteiger partial charge in [-0.15, -0.1) is 0 Å². The normalized spacial score (nSPS) is 22.4. The van der Waals surface area contributed by atoms with E-state index in [-0.39, 0.29) is 17.6 Å². The molecule has 0 amide bonds. The molecular weight excluding hydrogens is 353 g/mol. The van der Waals surface area contributed by atoms with Crippen molar-refractivity contribution in [1.29, 1.82) is 0 Å². The van der Waals surface area contributed by atoms with Crippen LogP contribution in [-0.4, -0.2) is 17.6 Å². The lowest BCUT2D eigenvalue weighted by atomic mass is 9.93. The summed E-state index contributed by atoms with van der Waals surface area (Å²) >= 11 is 0. The molecule has 0 atom stereocenters. The Morgan fingerprint density at radius 2 is 1.52 bits per heavy atom. The highest BCUT2D eigenvalue weighted by Gasteiger charge is 2.33. The average molecular weight is 383 g/mol. The Morgan fingerprint density at radius 1 is 0.920 bits per heavy atom. The van der Waals surface area contributed by atoms with Crippen LogP contribution in [0.4, 0.5) is 13.2 Å². The van der Waals surface area contributed by atoms with Crippen molar-refractivity contribution in [3.63, 3.8) is 0 Å². The SMILES string of the molecule is CCC[Si]1CCC([Si]2CCC(c3ccc(C(F)(F)F)cc3)CC2)CC1. The lowest BCUT2D eigenvalue weighted by Gasteiger charge is -2.36. The van der Waals surface area contributed by atoms with Crippen molar-refractivity contribution in [2.75, 3.05) is 0 Å². The minimum Gasteiger partial charge on any atom is -0.166 e. The second-order valence-electron chi connectivity index (χ2n) is 7.83. The third kappa shape index (κ3) is 5.00. The van der Waals surface area contributed by atoms with Crippen molar-refractivity contribution in [3.8, 4) is 0 Å². The Balaban J connectivity index is 1.49. The van der Waals surface area contributed by atoms with E-state index < -0.39 is 11.7 Å². The Bertz CT molecular complexity index is 525. The highest BCUT2D eigenvalue weighted by Crippen LogP contribution is 2.43. The van der Waals surface area contributed by atoms with Gasteiger partial charge in [0.1, 0.15) is 0 Å². The monoisotopic (exact) mass is 382 g/mol. The molecule has 0 nitrogen and oxygen atoms in total. The first-order valence-corrected chi connectivity index (χ1v) is 13.9. The van der Waals surface area contributed by atoms with E-state index in [1.165, 1.54) is 62.4 Å². The molecule has 2 aliphatic heterocycles. The Hall–Kier alpha value is -0.556. The van der Waals surface area contributed by atoms with Gasteiger partial charge in [0, 0.05) is 8.80 Å². The molecular formula is C20H29F3Si2. The number of hydrogen-bond donors (Lipinski definition) is 0. The number of hydrogen-bond acceptors (Lipinski definition) is 0. The molecule has 0 aliphatic carbocycles. The summed E-state index contributed by atoms with van der Waals surface area (Å²) in [6.07, 6.45) is 2.53. The van der Waals surface area contributed by atoms with E-state index in [0.29, 0.717) is 5.92 Å². The van der Waals surface area contributed by atoms with E-state index in [1.807, 2.05) is 0 Å². The molecule has 2 aliphatic rings. The van der Waals surface area contributed by atoms with Crippen molar-refractivity contribution in [2.24, 2.45) is 0 Å². The minimum atomic E-state index is -4.22. The van der Waals surface area contributed by atoms with Crippen LogP contribution in [-0.2, 0) is 6.18 Å². The molecule has 0 saturated carbocycles. The lowest BCUT2D eigenvalue weighted by Crippen LogP contribution is -2.30. The summed E-state index contributed by atoms with van der Waals surface area (Å²) in [5.74, 6) is 0.485. The summed E-state index contributed by atoms with van der Waals surface area (Å²) in [5, 5.41) is 0. The first kappa shape index (κ1) is 19.2. The van der Waals surface area contributed by atoms with E-state index >= 15 is 0 Å². The molecule has 2 saturated heterocycles. The quantitative estimate of drug-likeness (QED) is 0.485. The van der Waals surface area contributed by atoms with Gasteiger partial charge in [0.05, 0.1) is 14.4 Å². The second kappa shape index (κ2) is 8.42. The van der Waals surface area contributed by atoms with Crippen molar-refractivity contribution >= 4 is 17.6 Å². The molecule has 0 aromatic heterocycles. The van der Waals surface area contributed by atoms with Crippen LogP contribution in [0.25, 0.3) is 0 Å². The van der Waals surface area contributed by atoms with Crippen LogP contribution >= 0.6 is 0 Å². The number of benzene rings is 1. The Morgan fingerprint density at radius 3 is 2.04 bits per heavy atom. The van der Waals surface area contributed by atoms with Gasteiger partial charge < -0.3 is 0 Å². The van der Waals surface area contributed by atoms with Crippen LogP contribution in [0.2, 0.25) is 35.8 Å². The maximum atomic E-state index is 12.7. The van der Waals surface area contributed by atoms with Gasteiger partial charge in [-0.25, -0.2) is 0 Å². The number of alkyl halides is 3. The smallest absolute Gasteiger partial charge is 0.166 e. The summed E-state index contributed by atoms with van der Waals surface area (Å²) in [6, 6.07) is 13.3. The van der Waals surface area contributed by atoms with Gasteiger partial charge in [0.25, 0.3) is 0 Å². The van der Waals surface area contributed by atoms with E-state index in [9.17, 15) is 13.2 Å². The fraction of sp³-hybridized carbons (Fsp3) is 0.700. The third-order valence-electron chi connectivity index (χ3n) is 6.21. The first-order valence-electron chi connectivity index (χ1n) is 9.82. The summed E-state index contributed by atoms with van der Waals surface area (Å²) < 4.78 is 38.1. The standard InChI is InChI=1S/C20H29F3Si2/c1-2-11-24-12-9-19(10-13-24)25-14-7-17(8-15-25)16-3-5-18(6-4-16)20(21,22)23/h3-6,17,19H,2,7-15H2,1H3. The van der Waals surface area contributed by atoms with Gasteiger partial charge >= 0.3 is 6.18 Å². The van der Waals surface area contributed by atoms with Crippen molar-refractivity contribution in [3.05, 3.63) is 35.4 Å². The van der Waals surface area contributed by atoms with E-state index in [2.05, 4.69) is 6.92 Å². The van der Waals surface area contributed by atoms with E-state index in [1.54, 1.807) is 24.2 Å². The van der Waals surface area contributed by atoms with Crippen molar-refractivity contribution < 1.29 is 13.2 Å². The van der Waals surface area contributed by atoms with Crippen LogP contribution in [0.15, 0.2) is 24.3 Å². The molecule has 2 radical (unpaired) electrons. The van der Waals surface area contributed by atoms with Gasteiger partial charge in [-0.3, -0.25) is 0 Å². The highest BCUT2D eigenvalue weighted by atomic mass is 28.3. The largest absolute Gasteiger partial charge is 0.416 e. The van der Waals surface area contributed by atoms with Gasteiger partial charge in [-0.1, -0.05) is 68.5 Å². The van der Waals surface area contributed by atoms with Crippen molar-refractivity contribution in [2.45, 2.75) is 86.9 Å². The molecule has 25 heavy (non-hydrogen) atoms. The molecule has 0 unspecified atom stereocenters. The van der Waals surface area contributed by atoms with Gasteiger partial charge in [0.15, 0.2) is 0 Å². The molecule has 2 heterocycles. The van der Waals surface area contributed by atoms with Crippen LogP contribution in [0, 0.1) is 0 Å². The zero-order valence-electron chi connectivity index (χ0n) is 15.2. The van der Waals surface area contributed by atoms with E-state index in [4.69, 9.17) is 0 Å². The lowest BCUT2D eigenvalue weighted by molar-refractivity contribution is -0.137. The molecule has 1 aromatic carbocycles. The highest BCUT2D eigenvalue weighted by molar-refractivity contribution is 6.63. The first-order chi connectivity index (χ1) is 12.0. The van der Waals surface area contributed by atoms with Gasteiger partial charge in [-0.2, -0.15) is 13.2 Å². The fourth-order valence-corrected chi connectivity index (χ4v) is 11.9. The molecule has 1 aromatic rings. The maximum absolute atomic E-state index is 12.7. The molecule has 3 rings (SSSR count). The Labute approximate surface area is 153 Å². The summed E-state index contributed by atoms with van der Waals surface area (Å²) in [5.41, 5.74) is 1.62. The number of halogens is 3. The summed E-state index contributed by atoms with van der Waals surface area (Å²) in [6.45, 7) is 2.32. The third-order valence-corrected chi connectivity index (χ3v) is 13.0. The zero-order valence-corrected chi connectivity index (χ0v) is 17.2. The summed E-state index contributed by atoms with van der Waals surface area (Å²) in [7, 11) is -0.235. The van der Waals surface area contributed by atoms with Gasteiger partial charge in [-0.05, 0) is 42.0 Å². The fourth-order valence-electron chi connectivity index (χ4n) is 4.71. The molecule has 0 N–H and O–H groups in total. The predicted molar refractivity (Wildman–Crippen MR) is 102 cm³/mol. The second-order valence-corrected chi connectivity index (χ2v) is 14.0. The average Bonchev–Trinajstić information content (AvgIpc) is 2.62. The van der Waals surface area contributed by atoms with Crippen LogP contribution in [0.1, 0.15) is 56.1 Å². The molecule has 0 bridgehead atoms. The topological polar surface area (TPSA) is 0 Å². The molecule has 138 valence electrons. The summed E-state index contributed by atoms with van der Waals surface area (Å²) in [4.78, 5) is 0. The van der Waals surface area contributed by atoms with Crippen LogP contribution in [0.3, 0.4) is 0 Å². The van der Waals surface area contributed by atoms with E-state index in [0.717, 1.165) is 11.1 Å². The molecule has 5 heteroatoms. The Kier molecular flexibility index (Phi) is 6.47. The van der Waals surface area contributed by atoms with Crippen LogP contribution < -0.4 is 0 Å². The predicted octanol–water partition coefficient (Wildman–Crippen LogP) is 7.15. The van der Waals surface area contributed by atoms with Gasteiger partial charge in [0.2, 0.25) is 0 Å². The maximum Gasteiger partial charge on any atom is 0.416 e. The van der Waals surface area contributed by atoms with Crippen molar-refractivity contribution in [1.82, 2.24) is 0 Å². The number of rotatable bonds is 4.